The summed E-state index contributed by atoms with van der Waals surface area (Å²) in [7, 11) is 0. The van der Waals surface area contributed by atoms with Crippen LogP contribution in [-0.4, -0.2) is 12.1 Å². The Labute approximate surface area is 125 Å². The van der Waals surface area contributed by atoms with E-state index in [1.807, 2.05) is 0 Å². The third-order valence-corrected chi connectivity index (χ3v) is 4.00. The van der Waals surface area contributed by atoms with Crippen LogP contribution < -0.4 is 0 Å². The van der Waals surface area contributed by atoms with Crippen molar-refractivity contribution >= 4 is 5.97 Å². The van der Waals surface area contributed by atoms with Gasteiger partial charge in [-0.25, -0.2) is 0 Å². The van der Waals surface area contributed by atoms with Crippen LogP contribution in [0.25, 0.3) is 0 Å². The van der Waals surface area contributed by atoms with Crippen molar-refractivity contribution in [2.45, 2.75) is 96.5 Å². The van der Waals surface area contributed by atoms with Crippen LogP contribution in [0.4, 0.5) is 0 Å². The summed E-state index contributed by atoms with van der Waals surface area (Å²) in [5.41, 5.74) is 0. The smallest absolute Gasteiger partial charge is 0.306 e. The van der Waals surface area contributed by atoms with E-state index < -0.39 is 0 Å². The monoisotopic (exact) mass is 280 g/mol. The van der Waals surface area contributed by atoms with Crippen molar-refractivity contribution in [2.24, 2.45) is 0 Å². The molecule has 116 valence electrons. The van der Waals surface area contributed by atoms with Crippen molar-refractivity contribution < 1.29 is 9.53 Å². The van der Waals surface area contributed by atoms with Crippen molar-refractivity contribution in [2.75, 3.05) is 0 Å². The SMILES string of the molecule is CCCCCC[C@@H]1C/C=C\CCCCCCCC(=O)O1. The first kappa shape index (κ1) is 17.3. The van der Waals surface area contributed by atoms with Gasteiger partial charge in [0.15, 0.2) is 0 Å². The van der Waals surface area contributed by atoms with Crippen molar-refractivity contribution in [3.05, 3.63) is 12.2 Å². The average Bonchev–Trinajstić information content (AvgIpc) is 2.46. The number of hydrogen-bond acceptors (Lipinski definition) is 2. The maximum atomic E-state index is 11.8. The number of rotatable bonds is 5. The topological polar surface area (TPSA) is 26.3 Å². The molecular weight excluding hydrogens is 248 g/mol. The Morgan fingerprint density at radius 3 is 2.70 bits per heavy atom. The Bertz CT molecular complexity index is 271. The van der Waals surface area contributed by atoms with Gasteiger partial charge in [-0.3, -0.25) is 4.79 Å². The van der Waals surface area contributed by atoms with Crippen LogP contribution in [0.3, 0.4) is 0 Å². The van der Waals surface area contributed by atoms with Gasteiger partial charge in [0, 0.05) is 12.8 Å². The van der Waals surface area contributed by atoms with Gasteiger partial charge < -0.3 is 4.74 Å². The zero-order chi connectivity index (χ0) is 14.5. The zero-order valence-corrected chi connectivity index (χ0v) is 13.2. The fourth-order valence-corrected chi connectivity index (χ4v) is 2.70. The second kappa shape index (κ2) is 12.0. The van der Waals surface area contributed by atoms with Crippen molar-refractivity contribution in [1.29, 1.82) is 0 Å². The second-order valence-corrected chi connectivity index (χ2v) is 5.97. The standard InChI is InChI=1S/C18H32O2/c1-2-3-4-11-14-17-15-12-9-7-5-6-8-10-13-16-18(19)20-17/h9,12,17H,2-8,10-11,13-16H2,1H3/b12-9-/t17-/m1/s1. The number of unbranched alkanes of at least 4 members (excludes halogenated alkanes) is 3. The second-order valence-electron chi connectivity index (χ2n) is 5.97. The molecule has 0 fully saturated rings. The number of allylic oxidation sites excluding steroid dienone is 1. The fraction of sp³-hybridized carbons (Fsp3) is 0.833. The summed E-state index contributed by atoms with van der Waals surface area (Å²) in [5, 5.41) is 0. The first-order chi connectivity index (χ1) is 9.83. The van der Waals surface area contributed by atoms with Gasteiger partial charge in [-0.1, -0.05) is 57.6 Å². The largest absolute Gasteiger partial charge is 0.462 e. The summed E-state index contributed by atoms with van der Waals surface area (Å²) in [6.07, 6.45) is 19.3. The predicted molar refractivity (Wildman–Crippen MR) is 84.7 cm³/mol. The highest BCUT2D eigenvalue weighted by Crippen LogP contribution is 2.16. The molecule has 0 aromatic carbocycles. The Kier molecular flexibility index (Phi) is 10.3. The Morgan fingerprint density at radius 1 is 1.05 bits per heavy atom. The molecule has 1 rings (SSSR count). The van der Waals surface area contributed by atoms with Gasteiger partial charge in [0.1, 0.15) is 6.10 Å². The lowest BCUT2D eigenvalue weighted by atomic mass is 10.1. The molecule has 0 amide bonds. The molecule has 1 aliphatic rings. The van der Waals surface area contributed by atoms with Gasteiger partial charge in [0.2, 0.25) is 0 Å². The lowest BCUT2D eigenvalue weighted by Crippen LogP contribution is -2.17. The van der Waals surface area contributed by atoms with Crippen LogP contribution in [0, 0.1) is 0 Å². The normalized spacial score (nSPS) is 24.1. The Morgan fingerprint density at radius 2 is 1.85 bits per heavy atom. The lowest BCUT2D eigenvalue weighted by molar-refractivity contribution is -0.149. The number of carbonyl (C=O) groups excluding carboxylic acids is 1. The van der Waals surface area contributed by atoms with Gasteiger partial charge in [-0.05, 0) is 32.1 Å². The summed E-state index contributed by atoms with van der Waals surface area (Å²) in [4.78, 5) is 11.8. The summed E-state index contributed by atoms with van der Waals surface area (Å²) >= 11 is 0. The molecule has 0 aromatic rings. The molecule has 1 aliphatic heterocycles. The molecule has 0 aliphatic carbocycles. The van der Waals surface area contributed by atoms with Gasteiger partial charge >= 0.3 is 5.97 Å². The summed E-state index contributed by atoms with van der Waals surface area (Å²) < 4.78 is 5.65. The molecule has 0 unspecified atom stereocenters. The number of carbonyl (C=O) groups is 1. The number of hydrogen-bond donors (Lipinski definition) is 0. The lowest BCUT2D eigenvalue weighted by Gasteiger charge is -2.16. The van der Waals surface area contributed by atoms with E-state index in [0.717, 1.165) is 19.3 Å². The van der Waals surface area contributed by atoms with Crippen molar-refractivity contribution in [3.63, 3.8) is 0 Å². The van der Waals surface area contributed by atoms with E-state index in [1.165, 1.54) is 57.8 Å². The average molecular weight is 280 g/mol. The first-order valence-electron chi connectivity index (χ1n) is 8.67. The maximum Gasteiger partial charge on any atom is 0.306 e. The molecule has 1 heterocycles. The van der Waals surface area contributed by atoms with Gasteiger partial charge in [0.25, 0.3) is 0 Å². The highest BCUT2D eigenvalue weighted by Gasteiger charge is 2.13. The summed E-state index contributed by atoms with van der Waals surface area (Å²) in [6, 6.07) is 0. The number of ether oxygens (including phenoxy) is 1. The molecule has 20 heavy (non-hydrogen) atoms. The highest BCUT2D eigenvalue weighted by atomic mass is 16.5. The fourth-order valence-electron chi connectivity index (χ4n) is 2.70. The predicted octanol–water partition coefficient (Wildman–Crippen LogP) is 5.56. The quantitative estimate of drug-likeness (QED) is 0.374. The molecular formula is C18H32O2. The number of cyclic esters (lactones) is 1. The van der Waals surface area contributed by atoms with Crippen LogP contribution in [0.5, 0.6) is 0 Å². The molecule has 0 aromatic heterocycles. The van der Waals surface area contributed by atoms with E-state index in [1.54, 1.807) is 0 Å². The van der Waals surface area contributed by atoms with E-state index in [-0.39, 0.29) is 12.1 Å². The van der Waals surface area contributed by atoms with Crippen LogP contribution in [0.2, 0.25) is 0 Å². The Hall–Kier alpha value is -0.790. The molecule has 0 saturated carbocycles. The molecule has 0 bridgehead atoms. The molecule has 1 atom stereocenters. The van der Waals surface area contributed by atoms with E-state index in [4.69, 9.17) is 4.74 Å². The van der Waals surface area contributed by atoms with E-state index in [9.17, 15) is 4.79 Å². The Balaban J connectivity index is 2.37. The van der Waals surface area contributed by atoms with E-state index >= 15 is 0 Å². The van der Waals surface area contributed by atoms with E-state index in [2.05, 4.69) is 19.1 Å². The first-order valence-corrected chi connectivity index (χ1v) is 8.67. The molecule has 2 nitrogen and oxygen atoms in total. The van der Waals surface area contributed by atoms with Crippen molar-refractivity contribution in [1.82, 2.24) is 0 Å². The summed E-state index contributed by atoms with van der Waals surface area (Å²) in [6.45, 7) is 2.22. The molecule has 0 radical (unpaired) electrons. The summed E-state index contributed by atoms with van der Waals surface area (Å²) in [5.74, 6) is 0.0122. The van der Waals surface area contributed by atoms with Crippen molar-refractivity contribution in [3.8, 4) is 0 Å². The van der Waals surface area contributed by atoms with E-state index in [0.29, 0.717) is 6.42 Å². The van der Waals surface area contributed by atoms with Gasteiger partial charge in [-0.2, -0.15) is 0 Å². The molecule has 0 saturated heterocycles. The maximum absolute atomic E-state index is 11.8. The van der Waals surface area contributed by atoms with Crippen LogP contribution in [0.15, 0.2) is 12.2 Å². The van der Waals surface area contributed by atoms with Crippen LogP contribution in [0.1, 0.15) is 90.4 Å². The minimum absolute atomic E-state index is 0.0122. The van der Waals surface area contributed by atoms with Crippen LogP contribution in [-0.2, 0) is 9.53 Å². The van der Waals surface area contributed by atoms with Gasteiger partial charge in [-0.15, -0.1) is 0 Å². The third kappa shape index (κ3) is 9.17. The van der Waals surface area contributed by atoms with Gasteiger partial charge in [0.05, 0.1) is 0 Å². The molecule has 0 spiro atoms. The minimum Gasteiger partial charge on any atom is -0.462 e. The minimum atomic E-state index is 0.0122. The molecule has 2 heteroatoms. The zero-order valence-electron chi connectivity index (χ0n) is 13.2. The molecule has 0 N–H and O–H groups in total. The third-order valence-electron chi connectivity index (χ3n) is 4.00. The number of esters is 1. The van der Waals surface area contributed by atoms with Crippen LogP contribution >= 0.6 is 0 Å². The highest BCUT2D eigenvalue weighted by molar-refractivity contribution is 5.69.